The van der Waals surface area contributed by atoms with Crippen molar-refractivity contribution < 1.29 is 14.1 Å². The van der Waals surface area contributed by atoms with Crippen LogP contribution in [0.2, 0.25) is 18.1 Å². The minimum absolute atomic E-state index is 0.0396. The van der Waals surface area contributed by atoms with Gasteiger partial charge in [0, 0.05) is 19.2 Å². The molecule has 1 aromatic carbocycles. The average molecular weight is 383 g/mol. The highest BCUT2D eigenvalue weighted by atomic mass is 28.4. The Bertz CT molecular complexity index is 600. The molecule has 0 saturated heterocycles. The zero-order valence-corrected chi connectivity index (χ0v) is 18.2. The number of para-hydroxylation sites is 1. The molecular formula is C19H34N2O4Si. The number of anilines is 1. The molecule has 0 heterocycles. The summed E-state index contributed by atoms with van der Waals surface area (Å²) in [5.41, 5.74) is 0.488. The van der Waals surface area contributed by atoms with Crippen molar-refractivity contribution in [2.45, 2.75) is 58.7 Å². The molecule has 6 nitrogen and oxygen atoms in total. The summed E-state index contributed by atoms with van der Waals surface area (Å²) in [6, 6.07) is 4.85. The summed E-state index contributed by atoms with van der Waals surface area (Å²) in [5.74, 6) is 0.871. The van der Waals surface area contributed by atoms with E-state index in [1.54, 1.807) is 12.1 Å². The van der Waals surface area contributed by atoms with Gasteiger partial charge in [0.15, 0.2) is 14.0 Å². The van der Waals surface area contributed by atoms with Crippen LogP contribution in [0.25, 0.3) is 0 Å². The minimum atomic E-state index is -1.69. The van der Waals surface area contributed by atoms with E-state index >= 15 is 0 Å². The van der Waals surface area contributed by atoms with Crippen LogP contribution in [0.4, 0.5) is 11.4 Å². The van der Waals surface area contributed by atoms with E-state index < -0.39 is 8.32 Å². The highest BCUT2D eigenvalue weighted by molar-refractivity contribution is 6.74. The van der Waals surface area contributed by atoms with Gasteiger partial charge in [0.05, 0.1) is 12.0 Å². The van der Waals surface area contributed by atoms with E-state index in [4.69, 9.17) is 9.16 Å². The highest BCUT2D eigenvalue weighted by Crippen LogP contribution is 2.37. The third kappa shape index (κ3) is 6.28. The fourth-order valence-electron chi connectivity index (χ4n) is 2.37. The van der Waals surface area contributed by atoms with Crippen molar-refractivity contribution >= 4 is 19.7 Å². The molecule has 26 heavy (non-hydrogen) atoms. The Morgan fingerprint density at radius 1 is 1.31 bits per heavy atom. The normalized spacial score (nSPS) is 13.3. The molecule has 0 aromatic heterocycles. The zero-order chi connectivity index (χ0) is 20.0. The number of nitro benzene ring substituents is 1. The molecule has 0 aliphatic carbocycles. The van der Waals surface area contributed by atoms with Gasteiger partial charge >= 0.3 is 0 Å². The molecule has 1 atom stereocenters. The molecule has 0 radical (unpaired) electrons. The average Bonchev–Trinajstić information content (AvgIpc) is 2.55. The fraction of sp³-hybridized carbons (Fsp3) is 0.684. The first-order valence-corrected chi connectivity index (χ1v) is 12.1. The number of nitrogens with one attached hydrogen (secondary N) is 1. The number of rotatable bonds is 10. The standard InChI is InChI=1S/C19H34N2O4Si/c1-15(10-9-13-25-26(6,7)19(2,3)4)14-20-18-16(21(22)23)11-8-12-17(18)24-5/h8,11-12,15,20H,9-10,13-14H2,1-7H3/t15-/m1/s1. The van der Waals surface area contributed by atoms with Crippen molar-refractivity contribution in [3.63, 3.8) is 0 Å². The lowest BCUT2D eigenvalue weighted by Gasteiger charge is -2.36. The quantitative estimate of drug-likeness (QED) is 0.252. The van der Waals surface area contributed by atoms with Gasteiger partial charge in [-0.2, -0.15) is 0 Å². The molecule has 148 valence electrons. The number of benzene rings is 1. The van der Waals surface area contributed by atoms with Gasteiger partial charge in [-0.1, -0.05) is 33.8 Å². The van der Waals surface area contributed by atoms with Gasteiger partial charge < -0.3 is 14.5 Å². The second kappa shape index (κ2) is 9.37. The summed E-state index contributed by atoms with van der Waals surface area (Å²) in [6.07, 6.45) is 1.99. The second-order valence-electron chi connectivity index (χ2n) is 8.35. The molecule has 0 unspecified atom stereocenters. The lowest BCUT2D eigenvalue weighted by Crippen LogP contribution is -2.41. The molecule has 0 saturated carbocycles. The summed E-state index contributed by atoms with van der Waals surface area (Å²) >= 11 is 0. The number of ether oxygens (including phenoxy) is 1. The van der Waals surface area contributed by atoms with Crippen LogP contribution in [0.5, 0.6) is 5.75 Å². The first-order chi connectivity index (χ1) is 12.0. The van der Waals surface area contributed by atoms with Crippen LogP contribution < -0.4 is 10.1 Å². The van der Waals surface area contributed by atoms with Crippen molar-refractivity contribution in [1.82, 2.24) is 0 Å². The van der Waals surface area contributed by atoms with Gasteiger partial charge in [-0.05, 0) is 43.0 Å². The van der Waals surface area contributed by atoms with Crippen molar-refractivity contribution in [3.8, 4) is 5.75 Å². The second-order valence-corrected chi connectivity index (χ2v) is 13.2. The molecular weight excluding hydrogens is 348 g/mol. The number of methoxy groups -OCH3 is 1. The van der Waals surface area contributed by atoms with Crippen molar-refractivity contribution in [2.75, 3.05) is 25.6 Å². The third-order valence-electron chi connectivity index (χ3n) is 5.16. The molecule has 0 aliphatic heterocycles. The van der Waals surface area contributed by atoms with Crippen molar-refractivity contribution in [3.05, 3.63) is 28.3 Å². The summed E-state index contributed by atoms with van der Waals surface area (Å²) in [7, 11) is -0.168. The fourth-order valence-corrected chi connectivity index (χ4v) is 3.46. The first kappa shape index (κ1) is 22.4. The first-order valence-electron chi connectivity index (χ1n) is 9.19. The molecule has 0 fully saturated rings. The number of nitrogens with zero attached hydrogens (tertiary/aromatic N) is 1. The van der Waals surface area contributed by atoms with E-state index in [-0.39, 0.29) is 15.6 Å². The van der Waals surface area contributed by atoms with E-state index in [1.807, 2.05) is 0 Å². The maximum atomic E-state index is 11.2. The van der Waals surface area contributed by atoms with Crippen LogP contribution in [0, 0.1) is 16.0 Å². The Labute approximate surface area is 158 Å². The van der Waals surface area contributed by atoms with E-state index in [1.165, 1.54) is 13.2 Å². The van der Waals surface area contributed by atoms with E-state index in [2.05, 4.69) is 46.1 Å². The van der Waals surface area contributed by atoms with Crippen LogP contribution in [0.1, 0.15) is 40.5 Å². The number of hydrogen-bond acceptors (Lipinski definition) is 5. The Hall–Kier alpha value is -1.60. The predicted octanol–water partition coefficient (Wildman–Crippen LogP) is 5.45. The molecule has 7 heteroatoms. The van der Waals surface area contributed by atoms with Crippen LogP contribution in [-0.2, 0) is 4.43 Å². The molecule has 0 amide bonds. The van der Waals surface area contributed by atoms with Crippen LogP contribution in [0.15, 0.2) is 18.2 Å². The van der Waals surface area contributed by atoms with E-state index in [9.17, 15) is 10.1 Å². The van der Waals surface area contributed by atoms with Crippen molar-refractivity contribution in [1.29, 1.82) is 0 Å². The van der Waals surface area contributed by atoms with Crippen LogP contribution in [-0.4, -0.2) is 33.5 Å². The Morgan fingerprint density at radius 2 is 1.96 bits per heavy atom. The Kier molecular flexibility index (Phi) is 8.08. The van der Waals surface area contributed by atoms with Gasteiger partial charge in [-0.25, -0.2) is 0 Å². The highest BCUT2D eigenvalue weighted by Gasteiger charge is 2.36. The molecule has 0 aliphatic rings. The zero-order valence-electron chi connectivity index (χ0n) is 17.2. The monoisotopic (exact) mass is 382 g/mol. The molecule has 1 rings (SSSR count). The molecule has 1 N–H and O–H groups in total. The van der Waals surface area contributed by atoms with E-state index in [0.717, 1.165) is 19.4 Å². The lowest BCUT2D eigenvalue weighted by atomic mass is 10.1. The topological polar surface area (TPSA) is 73.6 Å². The lowest BCUT2D eigenvalue weighted by molar-refractivity contribution is -0.384. The number of hydrogen-bond donors (Lipinski definition) is 1. The van der Waals surface area contributed by atoms with Crippen LogP contribution >= 0.6 is 0 Å². The van der Waals surface area contributed by atoms with Crippen molar-refractivity contribution in [2.24, 2.45) is 5.92 Å². The van der Waals surface area contributed by atoms with Gasteiger partial charge in [0.2, 0.25) is 0 Å². The maximum absolute atomic E-state index is 11.2. The predicted molar refractivity (Wildman–Crippen MR) is 110 cm³/mol. The summed E-state index contributed by atoms with van der Waals surface area (Å²) in [5, 5.41) is 14.6. The summed E-state index contributed by atoms with van der Waals surface area (Å²) < 4.78 is 11.5. The van der Waals surface area contributed by atoms with E-state index in [0.29, 0.717) is 23.9 Å². The summed E-state index contributed by atoms with van der Waals surface area (Å²) in [4.78, 5) is 10.8. The van der Waals surface area contributed by atoms with Crippen LogP contribution in [0.3, 0.4) is 0 Å². The molecule has 0 spiro atoms. The van der Waals surface area contributed by atoms with Gasteiger partial charge in [0.1, 0.15) is 5.75 Å². The van der Waals surface area contributed by atoms with Gasteiger partial charge in [-0.3, -0.25) is 10.1 Å². The maximum Gasteiger partial charge on any atom is 0.296 e. The number of nitro groups is 1. The summed E-state index contributed by atoms with van der Waals surface area (Å²) in [6.45, 7) is 14.8. The minimum Gasteiger partial charge on any atom is -0.494 e. The van der Waals surface area contributed by atoms with Gasteiger partial charge in [0.25, 0.3) is 5.69 Å². The Balaban J connectivity index is 2.51. The third-order valence-corrected chi connectivity index (χ3v) is 9.70. The molecule has 1 aromatic rings. The smallest absolute Gasteiger partial charge is 0.296 e. The Morgan fingerprint density at radius 3 is 2.50 bits per heavy atom. The molecule has 0 bridgehead atoms. The SMILES string of the molecule is COc1cccc([N+](=O)[O-])c1NC[C@H](C)CCCO[Si](C)(C)C(C)(C)C. The van der Waals surface area contributed by atoms with Gasteiger partial charge in [-0.15, -0.1) is 0 Å². The largest absolute Gasteiger partial charge is 0.494 e.